The number of hydrogen-bond acceptors (Lipinski definition) is 2. The zero-order valence-electron chi connectivity index (χ0n) is 7.76. The quantitative estimate of drug-likeness (QED) is 0.832. The molecule has 3 heteroatoms. The van der Waals surface area contributed by atoms with Crippen molar-refractivity contribution in [3.8, 4) is 6.07 Å². The lowest BCUT2D eigenvalue weighted by atomic mass is 10.0. The van der Waals surface area contributed by atoms with Gasteiger partial charge in [0.2, 0.25) is 0 Å². The van der Waals surface area contributed by atoms with Crippen LogP contribution in [-0.4, -0.2) is 6.54 Å². The Morgan fingerprint density at radius 3 is 3.00 bits per heavy atom. The topological polar surface area (TPSA) is 35.8 Å². The van der Waals surface area contributed by atoms with Gasteiger partial charge in [0.25, 0.3) is 0 Å². The molecule has 0 bridgehead atoms. The van der Waals surface area contributed by atoms with Crippen molar-refractivity contribution in [2.75, 3.05) is 6.54 Å². The average Bonchev–Trinajstić information content (AvgIpc) is 2.71. The van der Waals surface area contributed by atoms with Crippen molar-refractivity contribution in [2.24, 2.45) is 0 Å². The molecule has 1 fully saturated rings. The third kappa shape index (κ3) is 1.82. The van der Waals surface area contributed by atoms with Crippen LogP contribution in [-0.2, 0) is 0 Å². The monoisotopic (exact) mass is 250 g/mol. The van der Waals surface area contributed by atoms with Crippen molar-refractivity contribution in [1.29, 1.82) is 5.26 Å². The number of benzene rings is 1. The summed E-state index contributed by atoms with van der Waals surface area (Å²) in [5, 5.41) is 12.3. The third-order valence-corrected chi connectivity index (χ3v) is 3.27. The Labute approximate surface area is 92.1 Å². The summed E-state index contributed by atoms with van der Waals surface area (Å²) in [6.45, 7) is 1.09. The molecule has 2 rings (SSSR count). The predicted molar refractivity (Wildman–Crippen MR) is 58.8 cm³/mol. The first kappa shape index (κ1) is 9.70. The van der Waals surface area contributed by atoms with E-state index in [0.717, 1.165) is 16.6 Å². The number of rotatable bonds is 1. The van der Waals surface area contributed by atoms with Crippen LogP contribution in [0.25, 0.3) is 0 Å². The second kappa shape index (κ2) is 4.12. The fraction of sp³-hybridized carbons (Fsp3) is 0.364. The van der Waals surface area contributed by atoms with Crippen molar-refractivity contribution >= 4 is 15.9 Å². The van der Waals surface area contributed by atoms with E-state index >= 15 is 0 Å². The molecule has 0 saturated carbocycles. The van der Waals surface area contributed by atoms with Gasteiger partial charge in [0.15, 0.2) is 0 Å². The molecule has 0 spiro atoms. The zero-order valence-corrected chi connectivity index (χ0v) is 9.34. The molecule has 1 aliphatic rings. The summed E-state index contributed by atoms with van der Waals surface area (Å²) in [5.74, 6) is 0. The highest BCUT2D eigenvalue weighted by Crippen LogP contribution is 2.26. The Morgan fingerprint density at radius 2 is 2.36 bits per heavy atom. The summed E-state index contributed by atoms with van der Waals surface area (Å²) in [6.07, 6.45) is 2.40. The van der Waals surface area contributed by atoms with Gasteiger partial charge in [-0.2, -0.15) is 5.26 Å². The van der Waals surface area contributed by atoms with Crippen LogP contribution in [0.3, 0.4) is 0 Å². The largest absolute Gasteiger partial charge is 0.310 e. The van der Waals surface area contributed by atoms with Gasteiger partial charge in [-0.25, -0.2) is 0 Å². The highest BCUT2D eigenvalue weighted by atomic mass is 79.9. The molecule has 72 valence electrons. The summed E-state index contributed by atoms with van der Waals surface area (Å²) in [4.78, 5) is 0. The van der Waals surface area contributed by atoms with Gasteiger partial charge in [0.1, 0.15) is 6.07 Å². The molecular weight excluding hydrogens is 240 g/mol. The molecule has 0 amide bonds. The van der Waals surface area contributed by atoms with E-state index in [4.69, 9.17) is 5.26 Å². The Bertz CT molecular complexity index is 375. The molecule has 1 N–H and O–H groups in total. The maximum absolute atomic E-state index is 8.89. The van der Waals surface area contributed by atoms with E-state index in [0.29, 0.717) is 6.04 Å². The van der Waals surface area contributed by atoms with Gasteiger partial charge in [-0.15, -0.1) is 0 Å². The van der Waals surface area contributed by atoms with E-state index in [1.165, 1.54) is 18.4 Å². The summed E-state index contributed by atoms with van der Waals surface area (Å²) >= 11 is 3.36. The number of nitriles is 1. The van der Waals surface area contributed by atoms with Crippen molar-refractivity contribution < 1.29 is 0 Å². The van der Waals surface area contributed by atoms with Crippen LogP contribution in [0, 0.1) is 11.3 Å². The highest BCUT2D eigenvalue weighted by molar-refractivity contribution is 9.10. The maximum Gasteiger partial charge on any atom is 0.100 e. The molecule has 14 heavy (non-hydrogen) atoms. The molecule has 1 atom stereocenters. The lowest BCUT2D eigenvalue weighted by Gasteiger charge is -2.10. The SMILES string of the molecule is N#Cc1cc([C@H]2CCCN2)ccc1Br. The fourth-order valence-electron chi connectivity index (χ4n) is 1.81. The second-order valence-corrected chi connectivity index (χ2v) is 4.35. The Hall–Kier alpha value is -0.850. The van der Waals surface area contributed by atoms with Crippen LogP contribution in [0.1, 0.15) is 30.0 Å². The minimum atomic E-state index is 0.440. The number of nitrogens with zero attached hydrogens (tertiary/aromatic N) is 1. The van der Waals surface area contributed by atoms with E-state index in [2.05, 4.69) is 33.4 Å². The van der Waals surface area contributed by atoms with Gasteiger partial charge in [0.05, 0.1) is 5.56 Å². The standard InChI is InChI=1S/C11H11BrN2/c12-10-4-3-8(6-9(10)7-13)11-2-1-5-14-11/h3-4,6,11,14H,1-2,5H2/t11-/m1/s1. The molecular formula is C11H11BrN2. The van der Waals surface area contributed by atoms with Gasteiger partial charge >= 0.3 is 0 Å². The summed E-state index contributed by atoms with van der Waals surface area (Å²) in [6, 6.07) is 8.62. The highest BCUT2D eigenvalue weighted by Gasteiger charge is 2.16. The lowest BCUT2D eigenvalue weighted by molar-refractivity contribution is 0.647. The molecule has 0 unspecified atom stereocenters. The van der Waals surface area contributed by atoms with E-state index in [9.17, 15) is 0 Å². The first-order valence-electron chi connectivity index (χ1n) is 4.74. The molecule has 0 radical (unpaired) electrons. The first-order chi connectivity index (χ1) is 6.81. The molecule has 1 aromatic carbocycles. The van der Waals surface area contributed by atoms with Gasteiger partial charge < -0.3 is 5.32 Å². The minimum absolute atomic E-state index is 0.440. The van der Waals surface area contributed by atoms with Crippen LogP contribution in [0.15, 0.2) is 22.7 Å². The van der Waals surface area contributed by atoms with Crippen molar-refractivity contribution in [3.05, 3.63) is 33.8 Å². The summed E-state index contributed by atoms with van der Waals surface area (Å²) in [5.41, 5.74) is 1.94. The molecule has 2 nitrogen and oxygen atoms in total. The molecule has 0 aliphatic carbocycles. The number of nitrogens with one attached hydrogen (secondary N) is 1. The van der Waals surface area contributed by atoms with Crippen molar-refractivity contribution in [2.45, 2.75) is 18.9 Å². The van der Waals surface area contributed by atoms with Crippen LogP contribution in [0.4, 0.5) is 0 Å². The lowest BCUT2D eigenvalue weighted by Crippen LogP contribution is -2.12. The van der Waals surface area contributed by atoms with Crippen LogP contribution in [0.5, 0.6) is 0 Å². The second-order valence-electron chi connectivity index (χ2n) is 3.50. The number of halogens is 1. The van der Waals surface area contributed by atoms with Crippen molar-refractivity contribution in [1.82, 2.24) is 5.32 Å². The smallest absolute Gasteiger partial charge is 0.100 e. The molecule has 0 aromatic heterocycles. The van der Waals surface area contributed by atoms with Gasteiger partial charge in [-0.05, 0) is 53.0 Å². The maximum atomic E-state index is 8.89. The first-order valence-corrected chi connectivity index (χ1v) is 5.53. The Kier molecular flexibility index (Phi) is 2.85. The summed E-state index contributed by atoms with van der Waals surface area (Å²) in [7, 11) is 0. The van der Waals surface area contributed by atoms with Crippen LogP contribution >= 0.6 is 15.9 Å². The number of hydrogen-bond donors (Lipinski definition) is 1. The predicted octanol–water partition coefficient (Wildman–Crippen LogP) is 2.75. The Morgan fingerprint density at radius 1 is 1.50 bits per heavy atom. The molecule has 1 aliphatic heterocycles. The zero-order chi connectivity index (χ0) is 9.97. The molecule has 1 saturated heterocycles. The normalized spacial score (nSPS) is 20.7. The molecule has 1 heterocycles. The van der Waals surface area contributed by atoms with Gasteiger partial charge in [0, 0.05) is 10.5 Å². The van der Waals surface area contributed by atoms with E-state index < -0.39 is 0 Å². The van der Waals surface area contributed by atoms with Crippen LogP contribution in [0.2, 0.25) is 0 Å². The van der Waals surface area contributed by atoms with Crippen molar-refractivity contribution in [3.63, 3.8) is 0 Å². The van der Waals surface area contributed by atoms with Gasteiger partial charge in [-0.3, -0.25) is 0 Å². The van der Waals surface area contributed by atoms with E-state index in [1.807, 2.05) is 12.1 Å². The molecule has 1 aromatic rings. The minimum Gasteiger partial charge on any atom is -0.310 e. The third-order valence-electron chi connectivity index (χ3n) is 2.57. The Balaban J connectivity index is 2.31. The van der Waals surface area contributed by atoms with Crippen LogP contribution < -0.4 is 5.32 Å². The van der Waals surface area contributed by atoms with E-state index in [-0.39, 0.29) is 0 Å². The summed E-state index contributed by atoms with van der Waals surface area (Å²) < 4.78 is 0.877. The average molecular weight is 251 g/mol. The van der Waals surface area contributed by atoms with E-state index in [1.54, 1.807) is 0 Å². The van der Waals surface area contributed by atoms with Gasteiger partial charge in [-0.1, -0.05) is 6.07 Å². The fourth-order valence-corrected chi connectivity index (χ4v) is 2.15.